The van der Waals surface area contributed by atoms with Crippen LogP contribution in [0, 0.1) is 0 Å². The first-order valence-corrected chi connectivity index (χ1v) is 10.9. The van der Waals surface area contributed by atoms with Gasteiger partial charge in [-0.05, 0) is 39.5 Å². The number of nitrogens with zero attached hydrogens (tertiary/aromatic N) is 1. The van der Waals surface area contributed by atoms with E-state index >= 15 is 0 Å². The molecule has 1 aromatic heterocycles. The number of carbonyl (C=O) groups is 1. The molecule has 0 unspecified atom stereocenters. The van der Waals surface area contributed by atoms with Crippen molar-refractivity contribution in [2.24, 2.45) is 0 Å². The zero-order chi connectivity index (χ0) is 19.0. The number of anilines is 1. The first kappa shape index (κ1) is 19.4. The monoisotopic (exact) mass is 384 g/mol. The second kappa shape index (κ2) is 6.96. The molecule has 146 valence electrons. The summed E-state index contributed by atoms with van der Waals surface area (Å²) >= 11 is 0. The highest BCUT2D eigenvalue weighted by molar-refractivity contribution is 7.94. The molecule has 2 fully saturated rings. The van der Waals surface area contributed by atoms with Crippen molar-refractivity contribution in [2.45, 2.75) is 80.6 Å². The SMILES string of the molecule is CC(C)(C(=O)Nc1cc(C2(CO)CCCC2)no1)S(=O)(=O)C1CCCC1. The molecule has 1 amide bonds. The van der Waals surface area contributed by atoms with E-state index in [-0.39, 0.29) is 12.5 Å². The molecule has 1 heterocycles. The summed E-state index contributed by atoms with van der Waals surface area (Å²) in [6.07, 6.45) is 6.68. The highest BCUT2D eigenvalue weighted by Crippen LogP contribution is 2.41. The van der Waals surface area contributed by atoms with Crippen LogP contribution in [0.3, 0.4) is 0 Å². The number of amides is 1. The Balaban J connectivity index is 1.75. The first-order chi connectivity index (χ1) is 12.2. The van der Waals surface area contributed by atoms with E-state index in [0.717, 1.165) is 38.5 Å². The van der Waals surface area contributed by atoms with Crippen LogP contribution in [0.4, 0.5) is 5.88 Å². The van der Waals surface area contributed by atoms with Crippen molar-refractivity contribution in [1.82, 2.24) is 5.16 Å². The summed E-state index contributed by atoms with van der Waals surface area (Å²) in [5.74, 6) is -0.490. The molecule has 8 heteroatoms. The average Bonchev–Trinajstić information content (AvgIpc) is 3.35. The van der Waals surface area contributed by atoms with E-state index in [0.29, 0.717) is 18.5 Å². The number of hydrogen-bond donors (Lipinski definition) is 2. The minimum Gasteiger partial charge on any atom is -0.395 e. The Morgan fingerprint density at radius 1 is 1.31 bits per heavy atom. The van der Waals surface area contributed by atoms with E-state index in [4.69, 9.17) is 4.52 Å². The van der Waals surface area contributed by atoms with Gasteiger partial charge in [0, 0.05) is 11.5 Å². The Morgan fingerprint density at radius 2 is 1.92 bits per heavy atom. The molecular weight excluding hydrogens is 356 g/mol. The fraction of sp³-hybridized carbons (Fsp3) is 0.778. The molecule has 2 saturated carbocycles. The molecule has 2 N–H and O–H groups in total. The van der Waals surface area contributed by atoms with Crippen molar-refractivity contribution in [3.05, 3.63) is 11.8 Å². The lowest BCUT2D eigenvalue weighted by Crippen LogP contribution is -2.48. The number of aromatic nitrogens is 1. The van der Waals surface area contributed by atoms with Gasteiger partial charge in [0.15, 0.2) is 9.84 Å². The molecule has 7 nitrogen and oxygen atoms in total. The van der Waals surface area contributed by atoms with Gasteiger partial charge in [0.1, 0.15) is 4.75 Å². The van der Waals surface area contributed by atoms with Gasteiger partial charge in [0.05, 0.1) is 17.6 Å². The standard InChI is InChI=1S/C18H28N2O5S/c1-17(2,26(23,24)13-7-3-4-8-13)16(22)19-15-11-14(20-25-15)18(12-21)9-5-6-10-18/h11,13,21H,3-10,12H2,1-2H3,(H,19,22). The summed E-state index contributed by atoms with van der Waals surface area (Å²) in [5.41, 5.74) is 0.196. The summed E-state index contributed by atoms with van der Waals surface area (Å²) in [6, 6.07) is 1.61. The molecule has 2 aliphatic carbocycles. The van der Waals surface area contributed by atoms with Crippen molar-refractivity contribution in [1.29, 1.82) is 0 Å². The lowest BCUT2D eigenvalue weighted by Gasteiger charge is -2.26. The van der Waals surface area contributed by atoms with Crippen molar-refractivity contribution in [3.63, 3.8) is 0 Å². The Bertz CT molecular complexity index is 756. The maximum absolute atomic E-state index is 12.9. The highest BCUT2D eigenvalue weighted by atomic mass is 32.2. The quantitative estimate of drug-likeness (QED) is 0.780. The third-order valence-corrected chi connectivity index (χ3v) is 9.11. The number of aliphatic hydroxyl groups excluding tert-OH is 1. The zero-order valence-electron chi connectivity index (χ0n) is 15.5. The maximum atomic E-state index is 12.9. The summed E-state index contributed by atoms with van der Waals surface area (Å²) in [6.45, 7) is 2.87. The van der Waals surface area contributed by atoms with Crippen LogP contribution in [-0.2, 0) is 20.0 Å². The minimum absolute atomic E-state index is 0.0194. The summed E-state index contributed by atoms with van der Waals surface area (Å²) in [4.78, 5) is 12.7. The van der Waals surface area contributed by atoms with Gasteiger partial charge in [-0.15, -0.1) is 0 Å². The van der Waals surface area contributed by atoms with Crippen LogP contribution >= 0.6 is 0 Å². The molecular formula is C18H28N2O5S. The number of carbonyl (C=O) groups excluding carboxylic acids is 1. The normalized spacial score (nSPS) is 21.2. The number of rotatable bonds is 6. The maximum Gasteiger partial charge on any atom is 0.247 e. The van der Waals surface area contributed by atoms with Gasteiger partial charge in [-0.1, -0.05) is 30.8 Å². The predicted molar refractivity (Wildman–Crippen MR) is 97.6 cm³/mol. The number of aliphatic hydroxyl groups is 1. The molecule has 2 aliphatic rings. The molecule has 0 saturated heterocycles. The Kier molecular flexibility index (Phi) is 5.18. The van der Waals surface area contributed by atoms with Crippen LogP contribution in [0.1, 0.15) is 70.9 Å². The Hall–Kier alpha value is -1.41. The molecule has 0 radical (unpaired) electrons. The van der Waals surface area contributed by atoms with Crippen LogP contribution < -0.4 is 5.32 Å². The molecule has 0 bridgehead atoms. The van der Waals surface area contributed by atoms with E-state index in [9.17, 15) is 18.3 Å². The highest BCUT2D eigenvalue weighted by Gasteiger charge is 2.47. The lowest BCUT2D eigenvalue weighted by molar-refractivity contribution is -0.118. The Morgan fingerprint density at radius 3 is 2.50 bits per heavy atom. The van der Waals surface area contributed by atoms with Crippen molar-refractivity contribution < 1.29 is 22.8 Å². The van der Waals surface area contributed by atoms with Gasteiger partial charge in [0.25, 0.3) is 0 Å². The van der Waals surface area contributed by atoms with E-state index in [1.165, 1.54) is 13.8 Å². The van der Waals surface area contributed by atoms with E-state index in [1.54, 1.807) is 6.07 Å². The zero-order valence-corrected chi connectivity index (χ0v) is 16.3. The first-order valence-electron chi connectivity index (χ1n) is 9.36. The topological polar surface area (TPSA) is 110 Å². The number of sulfone groups is 1. The van der Waals surface area contributed by atoms with Gasteiger partial charge >= 0.3 is 0 Å². The second-order valence-corrected chi connectivity index (χ2v) is 10.9. The molecule has 0 aromatic carbocycles. The van der Waals surface area contributed by atoms with Gasteiger partial charge in [0.2, 0.25) is 11.8 Å². The second-order valence-electron chi connectivity index (χ2n) is 8.14. The lowest BCUT2D eigenvalue weighted by atomic mass is 9.84. The third kappa shape index (κ3) is 3.17. The van der Waals surface area contributed by atoms with Crippen LogP contribution in [0.5, 0.6) is 0 Å². The van der Waals surface area contributed by atoms with Crippen LogP contribution in [0.2, 0.25) is 0 Å². The molecule has 0 atom stereocenters. The van der Waals surface area contributed by atoms with E-state index in [2.05, 4.69) is 10.5 Å². The van der Waals surface area contributed by atoms with Gasteiger partial charge in [-0.25, -0.2) is 8.42 Å². The van der Waals surface area contributed by atoms with E-state index in [1.807, 2.05) is 0 Å². The molecule has 0 aliphatic heterocycles. The van der Waals surface area contributed by atoms with Crippen molar-refractivity contribution in [3.8, 4) is 0 Å². The van der Waals surface area contributed by atoms with Crippen LogP contribution in [-0.4, -0.2) is 41.2 Å². The van der Waals surface area contributed by atoms with Gasteiger partial charge < -0.3 is 9.63 Å². The Labute approximate surface area is 154 Å². The summed E-state index contributed by atoms with van der Waals surface area (Å²) < 4.78 is 29.4. The van der Waals surface area contributed by atoms with E-state index < -0.39 is 31.2 Å². The fourth-order valence-electron chi connectivity index (χ4n) is 4.14. The molecule has 3 rings (SSSR count). The average molecular weight is 384 g/mol. The smallest absolute Gasteiger partial charge is 0.247 e. The van der Waals surface area contributed by atoms with Gasteiger partial charge in [-0.2, -0.15) is 0 Å². The predicted octanol–water partition coefficient (Wildman–Crippen LogP) is 2.55. The molecule has 26 heavy (non-hydrogen) atoms. The van der Waals surface area contributed by atoms with Gasteiger partial charge in [-0.3, -0.25) is 10.1 Å². The van der Waals surface area contributed by atoms with Crippen LogP contribution in [0.25, 0.3) is 0 Å². The van der Waals surface area contributed by atoms with Crippen molar-refractivity contribution in [2.75, 3.05) is 11.9 Å². The summed E-state index contributed by atoms with van der Waals surface area (Å²) in [7, 11) is -3.60. The summed E-state index contributed by atoms with van der Waals surface area (Å²) in [5, 5.41) is 15.9. The van der Waals surface area contributed by atoms with Crippen molar-refractivity contribution >= 4 is 21.6 Å². The molecule has 0 spiro atoms. The van der Waals surface area contributed by atoms with Crippen LogP contribution in [0.15, 0.2) is 10.6 Å². The largest absolute Gasteiger partial charge is 0.395 e. The molecule has 1 aromatic rings. The minimum atomic E-state index is -3.60. The number of nitrogens with one attached hydrogen (secondary N) is 1. The third-order valence-electron chi connectivity index (χ3n) is 6.15. The number of hydrogen-bond acceptors (Lipinski definition) is 6. The fourth-order valence-corrected chi connectivity index (χ4v) is 6.23.